The van der Waals surface area contributed by atoms with Gasteiger partial charge in [0.05, 0.1) is 6.61 Å². The Morgan fingerprint density at radius 1 is 1.12 bits per heavy atom. The Morgan fingerprint density at radius 3 is 2.35 bits per heavy atom. The SMILES string of the molecule is COCCNc1nccc(C(=O)Nc2c(C(C)C)cccc2C(C)C)n1. The van der Waals surface area contributed by atoms with Crippen LogP contribution in [0.15, 0.2) is 30.5 Å². The van der Waals surface area contributed by atoms with Crippen molar-refractivity contribution in [3.05, 3.63) is 47.3 Å². The number of para-hydroxylation sites is 1. The highest BCUT2D eigenvalue weighted by atomic mass is 16.5. The normalized spacial score (nSPS) is 11.0. The van der Waals surface area contributed by atoms with Gasteiger partial charge in [0.15, 0.2) is 0 Å². The average Bonchev–Trinajstić information content (AvgIpc) is 2.62. The maximum absolute atomic E-state index is 12.8. The van der Waals surface area contributed by atoms with E-state index in [1.807, 2.05) is 6.07 Å². The highest BCUT2D eigenvalue weighted by molar-refractivity contribution is 6.04. The summed E-state index contributed by atoms with van der Waals surface area (Å²) in [5.41, 5.74) is 3.46. The number of benzene rings is 1. The van der Waals surface area contributed by atoms with Gasteiger partial charge < -0.3 is 15.4 Å². The van der Waals surface area contributed by atoms with E-state index in [-0.39, 0.29) is 5.91 Å². The van der Waals surface area contributed by atoms with Crippen molar-refractivity contribution < 1.29 is 9.53 Å². The number of ether oxygens (including phenoxy) is 1. The van der Waals surface area contributed by atoms with Crippen LogP contribution in [0.3, 0.4) is 0 Å². The van der Waals surface area contributed by atoms with Crippen molar-refractivity contribution in [3.8, 4) is 0 Å². The average molecular weight is 356 g/mol. The molecular formula is C20H28N4O2. The summed E-state index contributed by atoms with van der Waals surface area (Å²) in [6.07, 6.45) is 1.58. The molecule has 0 unspecified atom stereocenters. The van der Waals surface area contributed by atoms with Crippen LogP contribution in [0.25, 0.3) is 0 Å². The molecule has 1 aromatic carbocycles. The number of nitrogens with zero attached hydrogens (tertiary/aromatic N) is 2. The van der Waals surface area contributed by atoms with Crippen LogP contribution in [0, 0.1) is 0 Å². The summed E-state index contributed by atoms with van der Waals surface area (Å²) in [7, 11) is 1.63. The summed E-state index contributed by atoms with van der Waals surface area (Å²) in [5, 5.41) is 6.11. The highest BCUT2D eigenvalue weighted by Gasteiger charge is 2.17. The van der Waals surface area contributed by atoms with Crippen molar-refractivity contribution >= 4 is 17.5 Å². The molecule has 140 valence electrons. The van der Waals surface area contributed by atoms with Crippen molar-refractivity contribution in [2.24, 2.45) is 0 Å². The molecule has 0 saturated heterocycles. The Bertz CT molecular complexity index is 718. The minimum Gasteiger partial charge on any atom is -0.383 e. The van der Waals surface area contributed by atoms with Gasteiger partial charge in [-0.1, -0.05) is 45.9 Å². The predicted octanol–water partition coefficient (Wildman–Crippen LogP) is 4.03. The second kappa shape index (κ2) is 9.29. The molecule has 0 saturated carbocycles. The van der Waals surface area contributed by atoms with E-state index >= 15 is 0 Å². The van der Waals surface area contributed by atoms with E-state index < -0.39 is 0 Å². The molecule has 0 bridgehead atoms. The fraction of sp³-hybridized carbons (Fsp3) is 0.450. The summed E-state index contributed by atoms with van der Waals surface area (Å²) in [4.78, 5) is 21.2. The number of carbonyl (C=O) groups is 1. The van der Waals surface area contributed by atoms with Crippen LogP contribution in [0.5, 0.6) is 0 Å². The summed E-state index contributed by atoms with van der Waals surface area (Å²) < 4.78 is 4.99. The van der Waals surface area contributed by atoms with Crippen LogP contribution in [0.1, 0.15) is 61.1 Å². The molecule has 0 fully saturated rings. The molecule has 1 aromatic heterocycles. The number of rotatable bonds is 8. The number of hydrogen-bond donors (Lipinski definition) is 2. The number of anilines is 2. The second-order valence-corrected chi connectivity index (χ2v) is 6.76. The first-order valence-electron chi connectivity index (χ1n) is 8.94. The molecule has 2 aromatic rings. The summed E-state index contributed by atoms with van der Waals surface area (Å²) in [6.45, 7) is 9.61. The van der Waals surface area contributed by atoms with Gasteiger partial charge in [-0.25, -0.2) is 9.97 Å². The van der Waals surface area contributed by atoms with E-state index in [0.717, 1.165) is 16.8 Å². The molecule has 0 aliphatic heterocycles. The largest absolute Gasteiger partial charge is 0.383 e. The van der Waals surface area contributed by atoms with Gasteiger partial charge in [0.25, 0.3) is 5.91 Å². The van der Waals surface area contributed by atoms with E-state index in [1.165, 1.54) is 0 Å². The minimum atomic E-state index is -0.239. The van der Waals surface area contributed by atoms with E-state index in [4.69, 9.17) is 4.74 Å². The number of nitrogens with one attached hydrogen (secondary N) is 2. The molecule has 2 rings (SSSR count). The predicted molar refractivity (Wildman–Crippen MR) is 105 cm³/mol. The standard InChI is InChI=1S/C20H28N4O2/c1-13(2)15-7-6-8-16(14(3)4)18(15)24-19(25)17-9-10-21-20(23-17)22-11-12-26-5/h6-10,13-14H,11-12H2,1-5H3,(H,24,25)(H,21,22,23). The van der Waals surface area contributed by atoms with Crippen LogP contribution in [-0.4, -0.2) is 36.1 Å². The third-order valence-corrected chi connectivity index (χ3v) is 4.09. The Balaban J connectivity index is 2.26. The maximum Gasteiger partial charge on any atom is 0.274 e. The van der Waals surface area contributed by atoms with Crippen molar-refractivity contribution in [2.75, 3.05) is 30.9 Å². The summed E-state index contributed by atoms with van der Waals surface area (Å²) >= 11 is 0. The van der Waals surface area contributed by atoms with E-state index in [9.17, 15) is 4.79 Å². The fourth-order valence-electron chi connectivity index (χ4n) is 2.71. The fourth-order valence-corrected chi connectivity index (χ4v) is 2.71. The molecule has 2 N–H and O–H groups in total. The third-order valence-electron chi connectivity index (χ3n) is 4.09. The zero-order valence-electron chi connectivity index (χ0n) is 16.2. The van der Waals surface area contributed by atoms with Crippen molar-refractivity contribution in [2.45, 2.75) is 39.5 Å². The van der Waals surface area contributed by atoms with Gasteiger partial charge in [0.1, 0.15) is 5.69 Å². The van der Waals surface area contributed by atoms with Crippen LogP contribution in [0.2, 0.25) is 0 Å². The van der Waals surface area contributed by atoms with Crippen molar-refractivity contribution in [1.82, 2.24) is 9.97 Å². The third kappa shape index (κ3) is 5.02. The Kier molecular flexibility index (Phi) is 7.09. The maximum atomic E-state index is 12.8. The lowest BCUT2D eigenvalue weighted by molar-refractivity contribution is 0.102. The van der Waals surface area contributed by atoms with Gasteiger partial charge in [-0.2, -0.15) is 0 Å². The molecule has 6 heteroatoms. The Labute approximate surface area is 155 Å². The topological polar surface area (TPSA) is 76.1 Å². The molecule has 1 heterocycles. The first-order chi connectivity index (χ1) is 12.4. The van der Waals surface area contributed by atoms with Crippen LogP contribution in [-0.2, 0) is 4.74 Å². The molecule has 6 nitrogen and oxygen atoms in total. The monoisotopic (exact) mass is 356 g/mol. The van der Waals surface area contributed by atoms with Crippen molar-refractivity contribution in [1.29, 1.82) is 0 Å². The molecule has 1 amide bonds. The lowest BCUT2D eigenvalue weighted by atomic mass is 9.92. The van der Waals surface area contributed by atoms with Crippen LogP contribution >= 0.6 is 0 Å². The van der Waals surface area contributed by atoms with Crippen LogP contribution in [0.4, 0.5) is 11.6 Å². The van der Waals surface area contributed by atoms with Gasteiger partial charge in [0, 0.05) is 25.5 Å². The number of amides is 1. The first-order valence-corrected chi connectivity index (χ1v) is 8.94. The number of methoxy groups -OCH3 is 1. The number of carbonyl (C=O) groups excluding carboxylic acids is 1. The Morgan fingerprint density at radius 2 is 1.77 bits per heavy atom. The lowest BCUT2D eigenvalue weighted by Gasteiger charge is -2.20. The van der Waals surface area contributed by atoms with Crippen molar-refractivity contribution in [3.63, 3.8) is 0 Å². The van der Waals surface area contributed by atoms with E-state index in [1.54, 1.807) is 19.4 Å². The van der Waals surface area contributed by atoms with E-state index in [2.05, 4.69) is 60.4 Å². The molecular weight excluding hydrogens is 328 g/mol. The number of aromatic nitrogens is 2. The zero-order valence-corrected chi connectivity index (χ0v) is 16.2. The molecule has 0 aliphatic carbocycles. The van der Waals surface area contributed by atoms with Gasteiger partial charge in [0.2, 0.25) is 5.95 Å². The van der Waals surface area contributed by atoms with Gasteiger partial charge >= 0.3 is 0 Å². The minimum absolute atomic E-state index is 0.239. The molecule has 0 aliphatic rings. The molecule has 0 spiro atoms. The van der Waals surface area contributed by atoms with Gasteiger partial charge in [-0.15, -0.1) is 0 Å². The smallest absolute Gasteiger partial charge is 0.274 e. The quantitative estimate of drug-likeness (QED) is 0.698. The van der Waals surface area contributed by atoms with Gasteiger partial charge in [-0.3, -0.25) is 4.79 Å². The molecule has 26 heavy (non-hydrogen) atoms. The summed E-state index contributed by atoms with van der Waals surface area (Å²) in [5.74, 6) is 0.787. The van der Waals surface area contributed by atoms with Crippen LogP contribution < -0.4 is 10.6 Å². The second-order valence-electron chi connectivity index (χ2n) is 6.76. The van der Waals surface area contributed by atoms with Gasteiger partial charge in [-0.05, 0) is 29.0 Å². The first kappa shape index (κ1) is 19.8. The molecule has 0 atom stereocenters. The molecule has 0 radical (unpaired) electrons. The lowest BCUT2D eigenvalue weighted by Crippen LogP contribution is -2.18. The van der Waals surface area contributed by atoms with E-state index in [0.29, 0.717) is 36.6 Å². The zero-order chi connectivity index (χ0) is 19.1. The Hall–Kier alpha value is -2.47. The summed E-state index contributed by atoms with van der Waals surface area (Å²) in [6, 6.07) is 7.78. The number of hydrogen-bond acceptors (Lipinski definition) is 5. The highest BCUT2D eigenvalue weighted by Crippen LogP contribution is 2.32.